The Hall–Kier alpha value is -2.07. The summed E-state index contributed by atoms with van der Waals surface area (Å²) in [5.41, 5.74) is -0.229. The van der Waals surface area contributed by atoms with Crippen molar-refractivity contribution in [3.05, 3.63) is 64.9 Å². The second-order valence-corrected chi connectivity index (χ2v) is 5.14. The maximum absolute atomic E-state index is 13.5. The highest BCUT2D eigenvalue weighted by Gasteiger charge is 2.37. The summed E-state index contributed by atoms with van der Waals surface area (Å²) in [6, 6.07) is 12.8. The summed E-state index contributed by atoms with van der Waals surface area (Å²) in [4.78, 5) is 12.2. The molecule has 0 amide bonds. The van der Waals surface area contributed by atoms with E-state index in [-0.39, 0.29) is 0 Å². The Morgan fingerprint density at radius 3 is 2.57 bits per heavy atom. The molecular weight excluding hydrogens is 293 g/mol. The highest BCUT2D eigenvalue weighted by molar-refractivity contribution is 6.33. The van der Waals surface area contributed by atoms with Gasteiger partial charge in [-0.3, -0.25) is 0 Å². The molecule has 1 atom stereocenters. The van der Waals surface area contributed by atoms with Gasteiger partial charge in [-0.15, -0.1) is 0 Å². The van der Waals surface area contributed by atoms with Gasteiger partial charge in [-0.05, 0) is 36.8 Å². The number of anilines is 1. The van der Waals surface area contributed by atoms with Crippen LogP contribution in [0.2, 0.25) is 5.02 Å². The number of esters is 1. The molecule has 0 aliphatic heterocycles. The molecule has 0 radical (unpaired) electrons. The largest absolute Gasteiger partial charge is 0.467 e. The van der Waals surface area contributed by atoms with E-state index in [1.54, 1.807) is 43.3 Å². The van der Waals surface area contributed by atoms with Crippen molar-refractivity contribution in [2.75, 3.05) is 12.4 Å². The third kappa shape index (κ3) is 3.16. The number of rotatable bonds is 4. The van der Waals surface area contributed by atoms with E-state index < -0.39 is 17.3 Å². The van der Waals surface area contributed by atoms with E-state index in [0.717, 1.165) is 0 Å². The molecule has 0 saturated heterocycles. The molecular formula is C16H15ClFNO2. The van der Waals surface area contributed by atoms with Crippen molar-refractivity contribution in [2.24, 2.45) is 0 Å². The van der Waals surface area contributed by atoms with Gasteiger partial charge in [0.1, 0.15) is 5.82 Å². The molecule has 0 fully saturated rings. The lowest BCUT2D eigenvalue weighted by molar-refractivity contribution is -0.145. The van der Waals surface area contributed by atoms with Crippen LogP contribution in [0.15, 0.2) is 48.5 Å². The SMILES string of the molecule is COC(=O)C(C)(Nc1ccccc1Cl)c1cccc(F)c1. The molecule has 0 saturated carbocycles. The van der Waals surface area contributed by atoms with Gasteiger partial charge in [0.25, 0.3) is 0 Å². The molecule has 0 heterocycles. The topological polar surface area (TPSA) is 38.3 Å². The molecule has 0 aliphatic carbocycles. The fourth-order valence-electron chi connectivity index (χ4n) is 2.08. The van der Waals surface area contributed by atoms with Gasteiger partial charge in [0, 0.05) is 0 Å². The van der Waals surface area contributed by atoms with Gasteiger partial charge in [-0.1, -0.05) is 35.9 Å². The third-order valence-corrected chi connectivity index (χ3v) is 3.58. The Morgan fingerprint density at radius 1 is 1.24 bits per heavy atom. The molecule has 0 bridgehead atoms. The summed E-state index contributed by atoms with van der Waals surface area (Å²) < 4.78 is 18.3. The van der Waals surface area contributed by atoms with Crippen molar-refractivity contribution >= 4 is 23.3 Å². The Bertz CT molecular complexity index is 662. The van der Waals surface area contributed by atoms with E-state index in [4.69, 9.17) is 16.3 Å². The van der Waals surface area contributed by atoms with Crippen molar-refractivity contribution < 1.29 is 13.9 Å². The van der Waals surface area contributed by atoms with Crippen LogP contribution >= 0.6 is 11.6 Å². The second kappa shape index (κ2) is 6.14. The molecule has 5 heteroatoms. The van der Waals surface area contributed by atoms with Crippen molar-refractivity contribution in [2.45, 2.75) is 12.5 Å². The van der Waals surface area contributed by atoms with Crippen LogP contribution in [0.5, 0.6) is 0 Å². The summed E-state index contributed by atoms with van der Waals surface area (Å²) in [6.45, 7) is 1.62. The first kappa shape index (κ1) is 15.3. The monoisotopic (exact) mass is 307 g/mol. The lowest BCUT2D eigenvalue weighted by Gasteiger charge is -2.30. The van der Waals surface area contributed by atoms with E-state index in [1.807, 2.05) is 0 Å². The van der Waals surface area contributed by atoms with E-state index >= 15 is 0 Å². The molecule has 110 valence electrons. The van der Waals surface area contributed by atoms with Crippen molar-refractivity contribution in [3.63, 3.8) is 0 Å². The standard InChI is InChI=1S/C16H15ClFNO2/c1-16(15(20)21-2,11-6-5-7-12(18)10-11)19-14-9-4-3-8-13(14)17/h3-10,19H,1-2H3. The number of methoxy groups -OCH3 is 1. The maximum Gasteiger partial charge on any atom is 0.335 e. The van der Waals surface area contributed by atoms with Gasteiger partial charge < -0.3 is 10.1 Å². The third-order valence-electron chi connectivity index (χ3n) is 3.25. The molecule has 1 unspecified atom stereocenters. The van der Waals surface area contributed by atoms with Gasteiger partial charge in [-0.2, -0.15) is 0 Å². The average molecular weight is 308 g/mol. The number of para-hydroxylation sites is 1. The minimum atomic E-state index is -1.25. The Kier molecular flexibility index (Phi) is 4.48. The van der Waals surface area contributed by atoms with Gasteiger partial charge in [0.05, 0.1) is 17.8 Å². The fraction of sp³-hybridized carbons (Fsp3) is 0.188. The van der Waals surface area contributed by atoms with Crippen LogP contribution in [0.3, 0.4) is 0 Å². The first-order chi connectivity index (χ1) is 9.97. The normalized spacial score (nSPS) is 13.3. The number of ether oxygens (including phenoxy) is 1. The molecule has 0 aliphatic rings. The molecule has 0 spiro atoms. The molecule has 3 nitrogen and oxygen atoms in total. The maximum atomic E-state index is 13.5. The highest BCUT2D eigenvalue weighted by Crippen LogP contribution is 2.31. The lowest BCUT2D eigenvalue weighted by Crippen LogP contribution is -2.41. The van der Waals surface area contributed by atoms with Crippen LogP contribution < -0.4 is 5.32 Å². The van der Waals surface area contributed by atoms with Crippen LogP contribution in [-0.4, -0.2) is 13.1 Å². The molecule has 0 aromatic heterocycles. The zero-order chi connectivity index (χ0) is 15.5. The fourth-order valence-corrected chi connectivity index (χ4v) is 2.26. The molecule has 2 aromatic carbocycles. The van der Waals surface area contributed by atoms with E-state index in [1.165, 1.54) is 19.2 Å². The van der Waals surface area contributed by atoms with Crippen LogP contribution in [0.4, 0.5) is 10.1 Å². The van der Waals surface area contributed by atoms with Crippen molar-refractivity contribution in [1.29, 1.82) is 0 Å². The van der Waals surface area contributed by atoms with Crippen LogP contribution in [0, 0.1) is 5.82 Å². The number of hydrogen-bond donors (Lipinski definition) is 1. The van der Waals surface area contributed by atoms with Gasteiger partial charge in [0.2, 0.25) is 0 Å². The number of carbonyl (C=O) groups excluding carboxylic acids is 1. The second-order valence-electron chi connectivity index (χ2n) is 4.73. The zero-order valence-electron chi connectivity index (χ0n) is 11.7. The number of benzene rings is 2. The zero-order valence-corrected chi connectivity index (χ0v) is 12.4. The predicted octanol–water partition coefficient (Wildman–Crippen LogP) is 3.98. The van der Waals surface area contributed by atoms with E-state index in [0.29, 0.717) is 16.3 Å². The Balaban J connectivity index is 2.48. The quantitative estimate of drug-likeness (QED) is 0.868. The number of halogens is 2. The van der Waals surface area contributed by atoms with Crippen LogP contribution in [-0.2, 0) is 15.1 Å². The smallest absolute Gasteiger partial charge is 0.335 e. The molecule has 1 N–H and O–H groups in total. The van der Waals surface area contributed by atoms with Gasteiger partial charge in [-0.25, -0.2) is 9.18 Å². The van der Waals surface area contributed by atoms with Crippen molar-refractivity contribution in [3.8, 4) is 0 Å². The summed E-state index contributed by atoms with van der Waals surface area (Å²) in [7, 11) is 1.29. The first-order valence-electron chi connectivity index (χ1n) is 6.34. The minimum Gasteiger partial charge on any atom is -0.467 e. The minimum absolute atomic E-state index is 0.427. The van der Waals surface area contributed by atoms with Gasteiger partial charge in [0.15, 0.2) is 5.54 Å². The summed E-state index contributed by atoms with van der Waals surface area (Å²) in [5, 5.41) is 3.51. The van der Waals surface area contributed by atoms with Gasteiger partial charge >= 0.3 is 5.97 Å². The Labute approximate surface area is 127 Å². The van der Waals surface area contributed by atoms with E-state index in [2.05, 4.69) is 5.32 Å². The van der Waals surface area contributed by atoms with Crippen LogP contribution in [0.25, 0.3) is 0 Å². The lowest BCUT2D eigenvalue weighted by atomic mass is 9.91. The molecule has 2 rings (SSSR count). The molecule has 2 aromatic rings. The number of carbonyl (C=O) groups is 1. The van der Waals surface area contributed by atoms with Crippen LogP contribution in [0.1, 0.15) is 12.5 Å². The summed E-state index contributed by atoms with van der Waals surface area (Å²) >= 11 is 6.11. The average Bonchev–Trinajstić information content (AvgIpc) is 2.48. The number of hydrogen-bond acceptors (Lipinski definition) is 3. The van der Waals surface area contributed by atoms with E-state index in [9.17, 15) is 9.18 Å². The summed E-state index contributed by atoms with van der Waals surface area (Å²) in [5.74, 6) is -0.961. The summed E-state index contributed by atoms with van der Waals surface area (Å²) in [6.07, 6.45) is 0. The van der Waals surface area contributed by atoms with Crippen molar-refractivity contribution in [1.82, 2.24) is 0 Å². The predicted molar refractivity (Wildman–Crippen MR) is 80.8 cm³/mol. The Morgan fingerprint density at radius 2 is 1.95 bits per heavy atom. The first-order valence-corrected chi connectivity index (χ1v) is 6.72. The number of nitrogens with one attached hydrogen (secondary N) is 1. The highest BCUT2D eigenvalue weighted by atomic mass is 35.5. The molecule has 21 heavy (non-hydrogen) atoms.